The highest BCUT2D eigenvalue weighted by Crippen LogP contribution is 2.54. The Balaban J connectivity index is 1.38. The van der Waals surface area contributed by atoms with E-state index in [1.807, 2.05) is 35.8 Å². The fourth-order valence-corrected chi connectivity index (χ4v) is 4.50. The summed E-state index contributed by atoms with van der Waals surface area (Å²) in [6.45, 7) is 2.74. The number of non-ortho nitro benzene ring substituents is 1. The third-order valence-electron chi connectivity index (χ3n) is 5.16. The Morgan fingerprint density at radius 3 is 2.74 bits per heavy atom. The molecule has 0 bridgehead atoms. The highest BCUT2D eigenvalue weighted by atomic mass is 35.5. The van der Waals surface area contributed by atoms with Gasteiger partial charge in [0.15, 0.2) is 5.16 Å². The minimum Gasteiger partial charge on any atom is -0.325 e. The molecule has 1 N–H and O–H groups in total. The van der Waals surface area contributed by atoms with Gasteiger partial charge in [0.2, 0.25) is 5.91 Å². The van der Waals surface area contributed by atoms with Crippen LogP contribution in [-0.4, -0.2) is 31.3 Å². The summed E-state index contributed by atoms with van der Waals surface area (Å²) in [6.07, 6.45) is 1.01. The monoisotopic (exact) mass is 457 g/mol. The lowest BCUT2D eigenvalue weighted by Crippen LogP contribution is -2.14. The molecule has 31 heavy (non-hydrogen) atoms. The predicted molar refractivity (Wildman–Crippen MR) is 120 cm³/mol. The van der Waals surface area contributed by atoms with Crippen molar-refractivity contribution in [2.45, 2.75) is 36.9 Å². The van der Waals surface area contributed by atoms with Crippen LogP contribution in [0.1, 0.15) is 36.6 Å². The fourth-order valence-electron chi connectivity index (χ4n) is 3.56. The number of hydrogen-bond acceptors (Lipinski definition) is 6. The van der Waals surface area contributed by atoms with E-state index >= 15 is 0 Å². The molecule has 4 rings (SSSR count). The minimum atomic E-state index is -0.495. The molecular formula is C21H20ClN5O3S. The van der Waals surface area contributed by atoms with Gasteiger partial charge in [0.05, 0.1) is 10.7 Å². The zero-order chi connectivity index (χ0) is 22.0. The molecule has 1 amide bonds. The summed E-state index contributed by atoms with van der Waals surface area (Å²) in [5.74, 6) is 1.52. The Bertz CT molecular complexity index is 1120. The number of thioether (sulfide) groups is 1. The van der Waals surface area contributed by atoms with Gasteiger partial charge in [-0.05, 0) is 43.0 Å². The number of halogens is 1. The van der Waals surface area contributed by atoms with Gasteiger partial charge in [-0.25, -0.2) is 0 Å². The van der Waals surface area contributed by atoms with Crippen molar-refractivity contribution in [3.63, 3.8) is 0 Å². The number of amides is 1. The van der Waals surface area contributed by atoms with Crippen LogP contribution >= 0.6 is 23.4 Å². The number of carbonyl (C=O) groups excluding carboxylic acids is 1. The molecule has 0 unspecified atom stereocenters. The van der Waals surface area contributed by atoms with Gasteiger partial charge in [-0.2, -0.15) is 0 Å². The summed E-state index contributed by atoms with van der Waals surface area (Å²) in [5, 5.41) is 23.7. The first kappa shape index (κ1) is 21.3. The first-order valence-electron chi connectivity index (χ1n) is 9.82. The largest absolute Gasteiger partial charge is 0.325 e. The van der Waals surface area contributed by atoms with Crippen LogP contribution in [0.2, 0.25) is 5.02 Å². The van der Waals surface area contributed by atoms with Gasteiger partial charge < -0.3 is 9.88 Å². The van der Waals surface area contributed by atoms with Crippen molar-refractivity contribution in [1.82, 2.24) is 14.8 Å². The number of benzene rings is 2. The SMILES string of the molecule is CCn1c(SCC(=O)Nc2cccc([N+](=O)[O-])c2)nnc1[C@@H]1C[C@@H]1c1ccc(Cl)cc1. The molecule has 1 fully saturated rings. The average molecular weight is 458 g/mol. The highest BCUT2D eigenvalue weighted by molar-refractivity contribution is 7.99. The van der Waals surface area contributed by atoms with E-state index < -0.39 is 4.92 Å². The molecular weight excluding hydrogens is 438 g/mol. The van der Waals surface area contributed by atoms with Crippen LogP contribution in [-0.2, 0) is 11.3 Å². The molecule has 0 spiro atoms. The summed E-state index contributed by atoms with van der Waals surface area (Å²) in [4.78, 5) is 22.7. The standard InChI is InChI=1S/C21H20ClN5O3S/c1-2-26-20(18-11-17(18)13-6-8-14(22)9-7-13)24-25-21(26)31-12-19(28)23-15-4-3-5-16(10-15)27(29)30/h3-10,17-18H,2,11-12H2,1H3,(H,23,28)/t17-,18-/m1/s1. The van der Waals surface area contributed by atoms with Crippen LogP contribution in [0.15, 0.2) is 53.7 Å². The van der Waals surface area contributed by atoms with Crippen LogP contribution < -0.4 is 5.32 Å². The molecule has 1 aliphatic rings. The number of hydrogen-bond donors (Lipinski definition) is 1. The fraction of sp³-hybridized carbons (Fsp3) is 0.286. The van der Waals surface area contributed by atoms with E-state index in [0.29, 0.717) is 29.2 Å². The highest BCUT2D eigenvalue weighted by Gasteiger charge is 2.43. The third-order valence-corrected chi connectivity index (χ3v) is 6.37. The van der Waals surface area contributed by atoms with Crippen LogP contribution in [0, 0.1) is 10.1 Å². The van der Waals surface area contributed by atoms with Crippen molar-refractivity contribution in [1.29, 1.82) is 0 Å². The lowest BCUT2D eigenvalue weighted by molar-refractivity contribution is -0.384. The van der Waals surface area contributed by atoms with Crippen LogP contribution in [0.5, 0.6) is 0 Å². The molecule has 1 saturated carbocycles. The zero-order valence-corrected chi connectivity index (χ0v) is 18.3. The third kappa shape index (κ3) is 4.88. The van der Waals surface area contributed by atoms with Crippen LogP contribution in [0.4, 0.5) is 11.4 Å². The summed E-state index contributed by atoms with van der Waals surface area (Å²) < 4.78 is 2.05. The van der Waals surface area contributed by atoms with E-state index in [9.17, 15) is 14.9 Å². The van der Waals surface area contributed by atoms with Gasteiger partial charge in [-0.1, -0.05) is 41.6 Å². The minimum absolute atomic E-state index is 0.0690. The number of carbonyl (C=O) groups is 1. The quantitative estimate of drug-likeness (QED) is 0.294. The molecule has 2 aromatic carbocycles. The molecule has 8 nitrogen and oxygen atoms in total. The van der Waals surface area contributed by atoms with Crippen molar-refractivity contribution in [3.8, 4) is 0 Å². The lowest BCUT2D eigenvalue weighted by atomic mass is 10.1. The van der Waals surface area contributed by atoms with Crippen molar-refractivity contribution in [2.75, 3.05) is 11.1 Å². The molecule has 1 aromatic heterocycles. The smallest absolute Gasteiger partial charge is 0.271 e. The first-order valence-corrected chi connectivity index (χ1v) is 11.2. The number of nitrogens with one attached hydrogen (secondary N) is 1. The van der Waals surface area contributed by atoms with Gasteiger partial charge >= 0.3 is 0 Å². The van der Waals surface area contributed by atoms with Gasteiger partial charge in [-0.15, -0.1) is 10.2 Å². The number of rotatable bonds is 8. The van der Waals surface area contributed by atoms with Crippen molar-refractivity contribution in [3.05, 3.63) is 75.1 Å². The summed E-state index contributed by atoms with van der Waals surface area (Å²) >= 11 is 7.28. The number of nitro benzene ring substituents is 1. The predicted octanol–water partition coefficient (Wildman–Crippen LogP) is 4.86. The van der Waals surface area contributed by atoms with Crippen molar-refractivity contribution < 1.29 is 9.72 Å². The topological polar surface area (TPSA) is 103 Å². The molecule has 0 aliphatic heterocycles. The van der Waals surface area contributed by atoms with E-state index in [1.165, 1.54) is 35.5 Å². The van der Waals surface area contributed by atoms with E-state index in [4.69, 9.17) is 11.6 Å². The molecule has 3 aromatic rings. The van der Waals surface area contributed by atoms with E-state index in [2.05, 4.69) is 15.5 Å². The maximum Gasteiger partial charge on any atom is 0.271 e. The van der Waals surface area contributed by atoms with E-state index in [1.54, 1.807) is 6.07 Å². The number of anilines is 1. The van der Waals surface area contributed by atoms with Crippen molar-refractivity contribution >= 4 is 40.6 Å². The second-order valence-electron chi connectivity index (χ2n) is 7.23. The molecule has 0 saturated heterocycles. The summed E-state index contributed by atoms with van der Waals surface area (Å²) in [7, 11) is 0. The molecule has 1 aliphatic carbocycles. The average Bonchev–Trinajstić information content (AvgIpc) is 3.44. The van der Waals surface area contributed by atoms with Crippen LogP contribution in [0.3, 0.4) is 0 Å². The number of aromatic nitrogens is 3. The van der Waals surface area contributed by atoms with Crippen LogP contribution in [0.25, 0.3) is 0 Å². The van der Waals surface area contributed by atoms with Gasteiger partial charge in [-0.3, -0.25) is 14.9 Å². The molecule has 1 heterocycles. The van der Waals surface area contributed by atoms with Gasteiger partial charge in [0, 0.05) is 35.3 Å². The zero-order valence-electron chi connectivity index (χ0n) is 16.7. The normalized spacial score (nSPS) is 17.4. The molecule has 10 heteroatoms. The van der Waals surface area contributed by atoms with Gasteiger partial charge in [0.25, 0.3) is 5.69 Å². The molecule has 0 radical (unpaired) electrons. The van der Waals surface area contributed by atoms with Crippen molar-refractivity contribution in [2.24, 2.45) is 0 Å². The summed E-state index contributed by atoms with van der Waals surface area (Å²) in [5.41, 5.74) is 1.56. The Labute approximate surface area is 188 Å². The summed E-state index contributed by atoms with van der Waals surface area (Å²) in [6, 6.07) is 13.8. The molecule has 2 atom stereocenters. The van der Waals surface area contributed by atoms with E-state index in [0.717, 1.165) is 17.3 Å². The maximum absolute atomic E-state index is 12.3. The Hall–Kier alpha value is -2.91. The molecule has 160 valence electrons. The maximum atomic E-state index is 12.3. The first-order chi connectivity index (χ1) is 15.0. The Morgan fingerprint density at radius 2 is 2.03 bits per heavy atom. The van der Waals surface area contributed by atoms with E-state index in [-0.39, 0.29) is 17.3 Å². The number of nitrogens with zero attached hydrogens (tertiary/aromatic N) is 4. The Morgan fingerprint density at radius 1 is 1.26 bits per heavy atom. The van der Waals surface area contributed by atoms with Gasteiger partial charge in [0.1, 0.15) is 5.82 Å². The number of nitro groups is 1. The lowest BCUT2D eigenvalue weighted by Gasteiger charge is -2.08. The Kier molecular flexibility index (Phi) is 6.24. The second-order valence-corrected chi connectivity index (χ2v) is 8.61. The second kappa shape index (κ2) is 9.07.